The summed E-state index contributed by atoms with van der Waals surface area (Å²) in [7, 11) is 0. The summed E-state index contributed by atoms with van der Waals surface area (Å²) in [6.45, 7) is 9.37. The van der Waals surface area contributed by atoms with Crippen molar-refractivity contribution in [3.8, 4) is 79.2 Å². The molecule has 0 spiro atoms. The Hall–Kier alpha value is -9.92. The van der Waals surface area contributed by atoms with Crippen molar-refractivity contribution in [2.75, 3.05) is 0 Å². The second-order valence-corrected chi connectivity index (χ2v) is 22.0. The van der Waals surface area contributed by atoms with Crippen molar-refractivity contribution in [2.45, 2.75) is 38.5 Å². The molecule has 2 aliphatic rings. The highest BCUT2D eigenvalue weighted by molar-refractivity contribution is 6.19. The maximum Gasteiger partial charge on any atom is 0.234 e. The minimum atomic E-state index is -0.205. The van der Waals surface area contributed by atoms with E-state index in [1.807, 2.05) is 55.1 Å². The molecular weight excluding hydrogens is 953 g/mol. The quantitative estimate of drug-likeness (QED) is 0.165. The second-order valence-electron chi connectivity index (χ2n) is 22.0. The fourth-order valence-electron chi connectivity index (χ4n) is 13.2. The lowest BCUT2D eigenvalue weighted by Gasteiger charge is -2.21. The number of hydrogen-bond acceptors (Lipinski definition) is 6. The normalized spacial score (nSPS) is 13.8. The Kier molecular flexibility index (Phi) is 9.27. The number of benzene rings is 9. The Morgan fingerprint density at radius 2 is 0.923 bits per heavy atom. The number of aromatic nitrogens is 8. The SMILES string of the molecule is CC1(C)c2ccc(-c3cccc(-c4nc(-c5ccccc5)nc(-c5cnc(-n6c7ccccc7c7c8c(ccc76)C(C)(C)c6ccccc6-8)nc5)n4)c3)cc2-c2c1ccc1c2c2ccccc2n1-c1ccc2cnccc2c1. The van der Waals surface area contributed by atoms with Gasteiger partial charge in [-0.1, -0.05) is 167 Å². The van der Waals surface area contributed by atoms with Gasteiger partial charge in [0.25, 0.3) is 0 Å². The number of nitrogens with zero attached hydrogens (tertiary/aromatic N) is 8. The van der Waals surface area contributed by atoms with Crippen molar-refractivity contribution in [3.63, 3.8) is 0 Å². The van der Waals surface area contributed by atoms with Crippen molar-refractivity contribution in [2.24, 2.45) is 0 Å². The predicted octanol–water partition coefficient (Wildman–Crippen LogP) is 16.7. The molecule has 5 aromatic heterocycles. The molecule has 14 aromatic rings. The molecule has 0 saturated carbocycles. The molecule has 0 radical (unpaired) electrons. The average molecular weight is 1000 g/mol. The molecule has 0 fully saturated rings. The largest absolute Gasteiger partial charge is 0.309 e. The van der Waals surface area contributed by atoms with Gasteiger partial charge < -0.3 is 4.57 Å². The number of rotatable bonds is 6. The monoisotopic (exact) mass is 1000 g/mol. The Labute approximate surface area is 450 Å². The fraction of sp³-hybridized carbons (Fsp3) is 0.0857. The first kappa shape index (κ1) is 44.4. The van der Waals surface area contributed by atoms with Gasteiger partial charge in [0.2, 0.25) is 5.95 Å². The smallest absolute Gasteiger partial charge is 0.234 e. The first-order chi connectivity index (χ1) is 38.2. The lowest BCUT2D eigenvalue weighted by atomic mass is 9.82. The lowest BCUT2D eigenvalue weighted by Crippen LogP contribution is -2.14. The number of pyridine rings is 1. The van der Waals surface area contributed by atoms with Crippen LogP contribution >= 0.6 is 0 Å². The van der Waals surface area contributed by atoms with Crippen molar-refractivity contribution < 1.29 is 0 Å². The van der Waals surface area contributed by atoms with Gasteiger partial charge in [0.1, 0.15) is 0 Å². The van der Waals surface area contributed by atoms with Crippen LogP contribution in [0.15, 0.2) is 219 Å². The third kappa shape index (κ3) is 6.34. The highest BCUT2D eigenvalue weighted by Crippen LogP contribution is 2.55. The average Bonchev–Trinajstić information content (AvgIpc) is 4.34. The third-order valence-corrected chi connectivity index (χ3v) is 17.0. The lowest BCUT2D eigenvalue weighted by molar-refractivity contribution is 0.660. The number of hydrogen-bond donors (Lipinski definition) is 0. The molecule has 78 heavy (non-hydrogen) atoms. The van der Waals surface area contributed by atoms with Gasteiger partial charge in [0, 0.05) is 79.4 Å². The predicted molar refractivity (Wildman–Crippen MR) is 316 cm³/mol. The van der Waals surface area contributed by atoms with Crippen molar-refractivity contribution in [3.05, 3.63) is 241 Å². The van der Waals surface area contributed by atoms with Crippen LogP contribution in [0.4, 0.5) is 0 Å². The molecule has 0 bridgehead atoms. The summed E-state index contributed by atoms with van der Waals surface area (Å²) in [5, 5.41) is 7.18. The van der Waals surface area contributed by atoms with Gasteiger partial charge in [-0.15, -0.1) is 0 Å². The molecule has 16 rings (SSSR count). The van der Waals surface area contributed by atoms with Crippen molar-refractivity contribution in [1.82, 2.24) is 39.0 Å². The topological polar surface area (TPSA) is 87.2 Å². The standard InChI is InChI=1S/C70H48N8/c1-69(2)53-22-11-8-19-49(53)61-55(69)30-32-60-64(61)51-21-10-13-24-58(51)78(60)68-72-39-47(40-73-68)67-75-65(41-15-6-5-7-16-41)74-66(76-67)45-18-14-17-42(35-45)43-26-28-54-52(37-43)62-56(70(54,3)4)29-31-59-63(62)50-20-9-12-23-57(50)77(59)48-27-25-46-38-71-34-33-44(46)36-48/h5-40H,1-4H3. The van der Waals surface area contributed by atoms with Gasteiger partial charge in [0.15, 0.2) is 17.5 Å². The molecular formula is C70H48N8. The molecule has 0 atom stereocenters. The zero-order valence-corrected chi connectivity index (χ0v) is 43.4. The number of para-hydroxylation sites is 2. The zero-order valence-electron chi connectivity index (χ0n) is 43.4. The first-order valence-corrected chi connectivity index (χ1v) is 26.7. The number of fused-ring (bicyclic) bond motifs is 15. The molecule has 0 amide bonds. The van der Waals surface area contributed by atoms with Crippen LogP contribution in [0.1, 0.15) is 49.9 Å². The van der Waals surface area contributed by atoms with E-state index in [1.54, 1.807) is 0 Å². The summed E-state index contributed by atoms with van der Waals surface area (Å²) < 4.78 is 4.61. The molecule has 0 aliphatic heterocycles. The van der Waals surface area contributed by atoms with Crippen LogP contribution in [0, 0.1) is 0 Å². The van der Waals surface area contributed by atoms with E-state index in [0.717, 1.165) is 49.7 Å². The first-order valence-electron chi connectivity index (χ1n) is 26.7. The Morgan fingerprint density at radius 1 is 0.359 bits per heavy atom. The fourth-order valence-corrected chi connectivity index (χ4v) is 13.2. The summed E-state index contributed by atoms with van der Waals surface area (Å²) in [5.74, 6) is 2.21. The second kappa shape index (κ2) is 16.3. The van der Waals surface area contributed by atoms with Crippen LogP contribution in [0.25, 0.3) is 134 Å². The van der Waals surface area contributed by atoms with E-state index in [4.69, 9.17) is 24.9 Å². The van der Waals surface area contributed by atoms with E-state index >= 15 is 0 Å². The Bertz CT molecular complexity index is 4850. The van der Waals surface area contributed by atoms with E-state index in [1.165, 1.54) is 77.1 Å². The van der Waals surface area contributed by atoms with E-state index in [-0.39, 0.29) is 10.8 Å². The molecule has 2 aliphatic carbocycles. The van der Waals surface area contributed by atoms with Crippen LogP contribution in [0.5, 0.6) is 0 Å². The van der Waals surface area contributed by atoms with E-state index < -0.39 is 0 Å². The van der Waals surface area contributed by atoms with Crippen LogP contribution in [0.3, 0.4) is 0 Å². The Morgan fingerprint density at radius 3 is 1.67 bits per heavy atom. The van der Waals surface area contributed by atoms with Crippen LogP contribution in [-0.2, 0) is 10.8 Å². The summed E-state index contributed by atoms with van der Waals surface area (Å²) in [4.78, 5) is 30.0. The molecule has 9 aromatic carbocycles. The van der Waals surface area contributed by atoms with Crippen LogP contribution < -0.4 is 0 Å². The van der Waals surface area contributed by atoms with Gasteiger partial charge in [-0.25, -0.2) is 24.9 Å². The minimum absolute atomic E-state index is 0.118. The van der Waals surface area contributed by atoms with Gasteiger partial charge in [-0.3, -0.25) is 9.55 Å². The van der Waals surface area contributed by atoms with Gasteiger partial charge in [-0.2, -0.15) is 0 Å². The molecule has 0 saturated heterocycles. The maximum atomic E-state index is 5.20. The van der Waals surface area contributed by atoms with Crippen molar-refractivity contribution >= 4 is 54.4 Å². The maximum absolute atomic E-state index is 5.20. The highest BCUT2D eigenvalue weighted by atomic mass is 15.2. The van der Waals surface area contributed by atoms with Crippen molar-refractivity contribution in [1.29, 1.82) is 0 Å². The van der Waals surface area contributed by atoms with Gasteiger partial charge in [0.05, 0.1) is 27.6 Å². The summed E-state index contributed by atoms with van der Waals surface area (Å²) >= 11 is 0. The van der Waals surface area contributed by atoms with E-state index in [0.29, 0.717) is 29.0 Å². The molecule has 8 heteroatoms. The third-order valence-electron chi connectivity index (χ3n) is 17.0. The Balaban J connectivity index is 0.803. The van der Waals surface area contributed by atoms with E-state index in [9.17, 15) is 0 Å². The molecule has 0 unspecified atom stereocenters. The molecule has 8 nitrogen and oxygen atoms in total. The van der Waals surface area contributed by atoms with Crippen LogP contribution in [-0.4, -0.2) is 39.0 Å². The summed E-state index contributed by atoms with van der Waals surface area (Å²) in [6.07, 6.45) is 7.49. The molecule has 5 heterocycles. The van der Waals surface area contributed by atoms with E-state index in [2.05, 4.69) is 206 Å². The molecule has 0 N–H and O–H groups in total. The van der Waals surface area contributed by atoms with Gasteiger partial charge in [-0.05, 0) is 116 Å². The summed E-state index contributed by atoms with van der Waals surface area (Å²) in [5.41, 5.74) is 20.4. The molecule has 368 valence electrons. The zero-order chi connectivity index (χ0) is 52.0. The summed E-state index contributed by atoms with van der Waals surface area (Å²) in [6, 6.07) is 69.9. The van der Waals surface area contributed by atoms with Gasteiger partial charge >= 0.3 is 0 Å². The van der Waals surface area contributed by atoms with Crippen LogP contribution in [0.2, 0.25) is 0 Å². The minimum Gasteiger partial charge on any atom is -0.309 e. The highest BCUT2D eigenvalue weighted by Gasteiger charge is 2.39.